The van der Waals surface area contributed by atoms with Crippen molar-refractivity contribution in [1.82, 2.24) is 4.90 Å². The molecule has 1 saturated heterocycles. The van der Waals surface area contributed by atoms with Crippen molar-refractivity contribution >= 4 is 46.4 Å². The molecular formula is C19H17Cl2NO4S. The van der Waals surface area contributed by atoms with E-state index in [-0.39, 0.29) is 16.3 Å². The van der Waals surface area contributed by atoms with E-state index in [1.807, 2.05) is 0 Å². The predicted octanol–water partition coefficient (Wildman–Crippen LogP) is 4.23. The molecule has 1 aliphatic heterocycles. The molecule has 0 N–H and O–H groups in total. The third-order valence-corrected chi connectivity index (χ3v) is 5.10. The van der Waals surface area contributed by atoms with Gasteiger partial charge in [0, 0.05) is 23.7 Å². The lowest BCUT2D eigenvalue weighted by molar-refractivity contribution is 0.0692. The molecule has 0 atom stereocenters. The van der Waals surface area contributed by atoms with Crippen molar-refractivity contribution in [1.29, 1.82) is 0 Å². The maximum atomic E-state index is 12.4. The molecule has 0 aliphatic carbocycles. The van der Waals surface area contributed by atoms with E-state index in [9.17, 15) is 4.79 Å². The number of thiocarbonyl (C=S) groups is 1. The second kappa shape index (κ2) is 8.89. The number of hydrogen-bond acceptors (Lipinski definition) is 5. The average Bonchev–Trinajstić information content (AvgIpc) is 2.68. The Labute approximate surface area is 172 Å². The summed E-state index contributed by atoms with van der Waals surface area (Å²) in [6.45, 7) is 2.78. The number of methoxy groups -OCH3 is 1. The number of morpholine rings is 1. The van der Waals surface area contributed by atoms with Crippen LogP contribution < -0.4 is 9.47 Å². The summed E-state index contributed by atoms with van der Waals surface area (Å²) in [6.07, 6.45) is 0. The van der Waals surface area contributed by atoms with Crippen LogP contribution in [-0.4, -0.2) is 49.3 Å². The van der Waals surface area contributed by atoms with E-state index < -0.39 is 5.97 Å². The molecule has 27 heavy (non-hydrogen) atoms. The van der Waals surface area contributed by atoms with Crippen LogP contribution in [0.15, 0.2) is 36.4 Å². The van der Waals surface area contributed by atoms with Gasteiger partial charge in [-0.25, -0.2) is 4.79 Å². The number of esters is 1. The lowest BCUT2D eigenvalue weighted by Crippen LogP contribution is -2.40. The van der Waals surface area contributed by atoms with E-state index in [0.717, 1.165) is 18.7 Å². The average molecular weight is 426 g/mol. The number of halogens is 2. The zero-order chi connectivity index (χ0) is 19.4. The van der Waals surface area contributed by atoms with Crippen molar-refractivity contribution in [3.8, 4) is 11.5 Å². The third-order valence-electron chi connectivity index (χ3n) is 4.06. The van der Waals surface area contributed by atoms with Gasteiger partial charge in [-0.3, -0.25) is 0 Å². The van der Waals surface area contributed by atoms with Crippen LogP contribution in [0.1, 0.15) is 15.9 Å². The van der Waals surface area contributed by atoms with Crippen LogP contribution in [0.2, 0.25) is 10.0 Å². The molecular weight excluding hydrogens is 409 g/mol. The van der Waals surface area contributed by atoms with Gasteiger partial charge in [0.2, 0.25) is 0 Å². The van der Waals surface area contributed by atoms with E-state index in [1.165, 1.54) is 19.2 Å². The van der Waals surface area contributed by atoms with Gasteiger partial charge in [0.05, 0.1) is 30.9 Å². The Morgan fingerprint density at radius 1 is 1.11 bits per heavy atom. The molecule has 8 heteroatoms. The molecule has 2 aromatic rings. The Morgan fingerprint density at radius 2 is 1.85 bits per heavy atom. The number of benzene rings is 2. The molecule has 0 aromatic heterocycles. The molecule has 3 rings (SSSR count). The van der Waals surface area contributed by atoms with E-state index in [1.54, 1.807) is 24.3 Å². The molecule has 1 heterocycles. The number of carbonyl (C=O) groups excluding carboxylic acids is 1. The lowest BCUT2D eigenvalue weighted by Gasteiger charge is -2.29. The van der Waals surface area contributed by atoms with Crippen molar-refractivity contribution in [2.75, 3.05) is 33.4 Å². The summed E-state index contributed by atoms with van der Waals surface area (Å²) < 4.78 is 16.2. The Balaban J connectivity index is 1.79. The first-order valence-corrected chi connectivity index (χ1v) is 9.38. The van der Waals surface area contributed by atoms with Crippen molar-refractivity contribution < 1.29 is 19.0 Å². The van der Waals surface area contributed by atoms with Gasteiger partial charge >= 0.3 is 5.97 Å². The van der Waals surface area contributed by atoms with E-state index >= 15 is 0 Å². The maximum absolute atomic E-state index is 12.4. The smallest absolute Gasteiger partial charge is 0.345 e. The monoisotopic (exact) mass is 425 g/mol. The highest BCUT2D eigenvalue weighted by Gasteiger charge is 2.19. The summed E-state index contributed by atoms with van der Waals surface area (Å²) in [5, 5.41) is 0.659. The first-order chi connectivity index (χ1) is 13.0. The SMILES string of the molecule is COc1cc(C(=S)N2CCOCC2)ccc1OC(=O)c1ccc(Cl)cc1Cl. The molecule has 5 nitrogen and oxygen atoms in total. The molecule has 1 fully saturated rings. The van der Waals surface area contributed by atoms with Crippen molar-refractivity contribution in [3.63, 3.8) is 0 Å². The second-order valence-electron chi connectivity index (χ2n) is 5.78. The Kier molecular flexibility index (Phi) is 6.55. The molecule has 0 amide bonds. The molecule has 0 bridgehead atoms. The Hall–Kier alpha value is -1.86. The van der Waals surface area contributed by atoms with E-state index in [4.69, 9.17) is 49.6 Å². The first kappa shape index (κ1) is 19.9. The fourth-order valence-electron chi connectivity index (χ4n) is 2.64. The van der Waals surface area contributed by atoms with Gasteiger partial charge in [-0.2, -0.15) is 0 Å². The van der Waals surface area contributed by atoms with Crippen molar-refractivity contribution in [2.45, 2.75) is 0 Å². The van der Waals surface area contributed by atoms with Gasteiger partial charge in [-0.15, -0.1) is 0 Å². The predicted molar refractivity (Wildman–Crippen MR) is 109 cm³/mol. The molecule has 0 spiro atoms. The molecule has 142 valence electrons. The van der Waals surface area contributed by atoms with Crippen LogP contribution in [0, 0.1) is 0 Å². The molecule has 1 aliphatic rings. The molecule has 2 aromatic carbocycles. The van der Waals surface area contributed by atoms with Gasteiger partial charge < -0.3 is 19.1 Å². The quantitative estimate of drug-likeness (QED) is 0.415. The van der Waals surface area contributed by atoms with Crippen molar-refractivity contribution in [3.05, 3.63) is 57.6 Å². The number of carbonyl (C=O) groups is 1. The zero-order valence-corrected chi connectivity index (χ0v) is 16.9. The van der Waals surface area contributed by atoms with Crippen LogP contribution >= 0.6 is 35.4 Å². The van der Waals surface area contributed by atoms with Gasteiger partial charge in [-0.05, 0) is 36.4 Å². The van der Waals surface area contributed by atoms with Crippen LogP contribution in [0.4, 0.5) is 0 Å². The fraction of sp³-hybridized carbons (Fsp3) is 0.263. The fourth-order valence-corrected chi connectivity index (χ4v) is 3.44. The highest BCUT2D eigenvalue weighted by Crippen LogP contribution is 2.31. The summed E-state index contributed by atoms with van der Waals surface area (Å²) in [4.78, 5) is 15.2. The second-order valence-corrected chi connectivity index (χ2v) is 7.01. The maximum Gasteiger partial charge on any atom is 0.345 e. The normalized spacial score (nSPS) is 14.0. The number of rotatable bonds is 4. The molecule has 0 saturated carbocycles. The summed E-state index contributed by atoms with van der Waals surface area (Å²) >= 11 is 17.5. The van der Waals surface area contributed by atoms with Crippen LogP contribution in [-0.2, 0) is 4.74 Å². The van der Waals surface area contributed by atoms with Gasteiger partial charge in [0.25, 0.3) is 0 Å². The number of ether oxygens (including phenoxy) is 3. The molecule has 0 radical (unpaired) electrons. The number of nitrogens with zero attached hydrogens (tertiary/aromatic N) is 1. The number of hydrogen-bond donors (Lipinski definition) is 0. The van der Waals surface area contributed by atoms with E-state index in [0.29, 0.717) is 29.0 Å². The minimum atomic E-state index is -0.599. The highest BCUT2D eigenvalue weighted by atomic mass is 35.5. The highest BCUT2D eigenvalue weighted by molar-refractivity contribution is 7.80. The zero-order valence-electron chi connectivity index (χ0n) is 14.5. The minimum Gasteiger partial charge on any atom is -0.493 e. The summed E-state index contributed by atoms with van der Waals surface area (Å²) in [5.74, 6) is 0.0852. The Morgan fingerprint density at radius 3 is 2.52 bits per heavy atom. The third kappa shape index (κ3) is 4.71. The van der Waals surface area contributed by atoms with Crippen molar-refractivity contribution in [2.24, 2.45) is 0 Å². The Bertz CT molecular complexity index is 869. The minimum absolute atomic E-state index is 0.219. The standard InChI is InChI=1S/C19H17Cl2NO4S/c1-24-17-10-12(18(27)22-6-8-25-9-7-22)2-5-16(17)26-19(23)14-4-3-13(20)11-15(14)21/h2-5,10-11H,6-9H2,1H3. The lowest BCUT2D eigenvalue weighted by atomic mass is 10.1. The van der Waals surface area contributed by atoms with Gasteiger partial charge in [0.15, 0.2) is 11.5 Å². The molecule has 0 unspecified atom stereocenters. The van der Waals surface area contributed by atoms with Crippen LogP contribution in [0.25, 0.3) is 0 Å². The largest absolute Gasteiger partial charge is 0.493 e. The van der Waals surface area contributed by atoms with Crippen LogP contribution in [0.3, 0.4) is 0 Å². The van der Waals surface area contributed by atoms with Gasteiger partial charge in [0.1, 0.15) is 4.99 Å². The topological polar surface area (TPSA) is 48.0 Å². The van der Waals surface area contributed by atoms with Gasteiger partial charge in [-0.1, -0.05) is 35.4 Å². The first-order valence-electron chi connectivity index (χ1n) is 8.22. The summed E-state index contributed by atoms with van der Waals surface area (Å²) in [7, 11) is 1.50. The summed E-state index contributed by atoms with van der Waals surface area (Å²) in [5.41, 5.74) is 1.03. The van der Waals surface area contributed by atoms with Crippen LogP contribution in [0.5, 0.6) is 11.5 Å². The van der Waals surface area contributed by atoms with E-state index in [2.05, 4.69) is 4.90 Å². The summed E-state index contributed by atoms with van der Waals surface area (Å²) in [6, 6.07) is 9.78.